The van der Waals surface area contributed by atoms with Crippen molar-refractivity contribution in [1.82, 2.24) is 10.2 Å². The predicted octanol–water partition coefficient (Wildman–Crippen LogP) is 1.19. The third-order valence-electron chi connectivity index (χ3n) is 2.80. The van der Waals surface area contributed by atoms with Gasteiger partial charge in [0.25, 0.3) is 0 Å². The zero-order valence-electron chi connectivity index (χ0n) is 10.4. The van der Waals surface area contributed by atoms with Gasteiger partial charge in [-0.1, -0.05) is 0 Å². The maximum atomic E-state index is 11.6. The Hall–Kier alpha value is -0.810. The third-order valence-corrected chi connectivity index (χ3v) is 2.80. The third kappa shape index (κ3) is 3.64. The minimum absolute atomic E-state index is 0.0217. The van der Waals surface area contributed by atoms with Crippen molar-refractivity contribution in [3.8, 4) is 0 Å². The van der Waals surface area contributed by atoms with Gasteiger partial charge in [-0.05, 0) is 20.8 Å². The Morgan fingerprint density at radius 3 is 2.38 bits per heavy atom. The first-order chi connectivity index (χ1) is 7.61. The molecular weight excluding hydrogens is 208 g/mol. The Morgan fingerprint density at radius 2 is 1.88 bits per heavy atom. The fraction of sp³-hybridized carbons (Fsp3) is 0.909. The van der Waals surface area contributed by atoms with Gasteiger partial charge in [0.05, 0.1) is 13.2 Å². The van der Waals surface area contributed by atoms with Crippen molar-refractivity contribution in [1.29, 1.82) is 0 Å². The summed E-state index contributed by atoms with van der Waals surface area (Å²) in [7, 11) is 0. The normalized spacial score (nSPS) is 18.4. The van der Waals surface area contributed by atoms with Gasteiger partial charge in [-0.15, -0.1) is 0 Å². The predicted molar refractivity (Wildman–Crippen MR) is 61.2 cm³/mol. The molecule has 0 radical (unpaired) electrons. The Balaban J connectivity index is 2.21. The smallest absolute Gasteiger partial charge is 0.317 e. The molecule has 0 aromatic carbocycles. The van der Waals surface area contributed by atoms with Gasteiger partial charge in [0.2, 0.25) is 0 Å². The fourth-order valence-corrected chi connectivity index (χ4v) is 1.72. The van der Waals surface area contributed by atoms with Crippen LogP contribution in [0.25, 0.3) is 0 Å². The molecule has 2 amide bonds. The number of urea groups is 1. The van der Waals surface area contributed by atoms with Crippen LogP contribution < -0.4 is 5.32 Å². The SMILES string of the molecule is CCN(CC)C(=O)NCCC1(C)OCCO1. The average Bonchev–Trinajstić information content (AvgIpc) is 2.67. The average molecular weight is 230 g/mol. The Bertz CT molecular complexity index is 223. The van der Waals surface area contributed by atoms with E-state index in [0.717, 1.165) is 13.1 Å². The molecule has 0 unspecified atom stereocenters. The van der Waals surface area contributed by atoms with E-state index in [0.29, 0.717) is 26.2 Å². The van der Waals surface area contributed by atoms with E-state index in [1.54, 1.807) is 4.90 Å². The van der Waals surface area contributed by atoms with Crippen LogP contribution in [0.2, 0.25) is 0 Å². The molecule has 0 aromatic rings. The van der Waals surface area contributed by atoms with Crippen LogP contribution in [-0.4, -0.2) is 49.6 Å². The van der Waals surface area contributed by atoms with Crippen LogP contribution >= 0.6 is 0 Å². The largest absolute Gasteiger partial charge is 0.348 e. The van der Waals surface area contributed by atoms with E-state index in [1.807, 2.05) is 20.8 Å². The highest BCUT2D eigenvalue weighted by atomic mass is 16.7. The lowest BCUT2D eigenvalue weighted by molar-refractivity contribution is -0.145. The van der Waals surface area contributed by atoms with Gasteiger partial charge in [-0.3, -0.25) is 0 Å². The molecule has 5 heteroatoms. The highest BCUT2D eigenvalue weighted by Gasteiger charge is 2.30. The zero-order chi connectivity index (χ0) is 12.0. The van der Waals surface area contributed by atoms with E-state index >= 15 is 0 Å². The Labute approximate surface area is 97.1 Å². The summed E-state index contributed by atoms with van der Waals surface area (Å²) in [6.45, 7) is 9.15. The number of hydrogen-bond donors (Lipinski definition) is 1. The lowest BCUT2D eigenvalue weighted by Gasteiger charge is -2.24. The summed E-state index contributed by atoms with van der Waals surface area (Å²) in [5.74, 6) is -0.517. The molecule has 0 saturated carbocycles. The molecule has 1 aliphatic rings. The van der Waals surface area contributed by atoms with Crippen molar-refractivity contribution < 1.29 is 14.3 Å². The number of ether oxygens (including phenoxy) is 2. The minimum atomic E-state index is -0.517. The summed E-state index contributed by atoms with van der Waals surface area (Å²) < 4.78 is 10.9. The van der Waals surface area contributed by atoms with Crippen molar-refractivity contribution in [2.45, 2.75) is 33.0 Å². The first-order valence-corrected chi connectivity index (χ1v) is 5.92. The second-order valence-electron chi connectivity index (χ2n) is 3.98. The topological polar surface area (TPSA) is 50.8 Å². The fourth-order valence-electron chi connectivity index (χ4n) is 1.72. The number of nitrogens with zero attached hydrogens (tertiary/aromatic N) is 1. The van der Waals surface area contributed by atoms with Gasteiger partial charge < -0.3 is 19.7 Å². The van der Waals surface area contributed by atoms with Crippen LogP contribution in [-0.2, 0) is 9.47 Å². The standard InChI is InChI=1S/C11H22N2O3/c1-4-13(5-2)10(14)12-7-6-11(3)15-8-9-16-11/h4-9H2,1-3H3,(H,12,14). The van der Waals surface area contributed by atoms with E-state index in [-0.39, 0.29) is 6.03 Å². The molecule has 0 spiro atoms. The number of carbonyl (C=O) groups is 1. The number of amides is 2. The van der Waals surface area contributed by atoms with Gasteiger partial charge in [-0.2, -0.15) is 0 Å². The summed E-state index contributed by atoms with van der Waals surface area (Å²) in [6.07, 6.45) is 0.681. The monoisotopic (exact) mass is 230 g/mol. The molecule has 0 bridgehead atoms. The molecule has 1 saturated heterocycles. The first kappa shape index (κ1) is 13.3. The second kappa shape index (κ2) is 6.06. The number of nitrogens with one attached hydrogen (secondary N) is 1. The van der Waals surface area contributed by atoms with Crippen LogP contribution in [0.15, 0.2) is 0 Å². The Morgan fingerprint density at radius 1 is 1.31 bits per heavy atom. The van der Waals surface area contributed by atoms with Crippen LogP contribution in [0.5, 0.6) is 0 Å². The lowest BCUT2D eigenvalue weighted by Crippen LogP contribution is -2.42. The maximum absolute atomic E-state index is 11.6. The van der Waals surface area contributed by atoms with Crippen LogP contribution in [0.3, 0.4) is 0 Å². The lowest BCUT2D eigenvalue weighted by atomic mass is 10.2. The summed E-state index contributed by atoms with van der Waals surface area (Å²) in [6, 6.07) is -0.0217. The van der Waals surface area contributed by atoms with Crippen LogP contribution in [0, 0.1) is 0 Å². The molecule has 94 valence electrons. The molecule has 0 atom stereocenters. The maximum Gasteiger partial charge on any atom is 0.317 e. The number of hydrogen-bond acceptors (Lipinski definition) is 3. The molecule has 0 aliphatic carbocycles. The summed E-state index contributed by atoms with van der Waals surface area (Å²) in [4.78, 5) is 13.4. The quantitative estimate of drug-likeness (QED) is 0.772. The zero-order valence-corrected chi connectivity index (χ0v) is 10.4. The molecule has 1 heterocycles. The molecule has 1 fully saturated rings. The van der Waals surface area contributed by atoms with Gasteiger partial charge in [0.15, 0.2) is 5.79 Å². The number of carbonyl (C=O) groups excluding carboxylic acids is 1. The molecule has 16 heavy (non-hydrogen) atoms. The van der Waals surface area contributed by atoms with Crippen molar-refractivity contribution in [3.63, 3.8) is 0 Å². The van der Waals surface area contributed by atoms with Gasteiger partial charge >= 0.3 is 6.03 Å². The molecule has 0 aromatic heterocycles. The Kier molecular flexibility index (Phi) is 5.02. The van der Waals surface area contributed by atoms with Gasteiger partial charge in [-0.25, -0.2) is 4.79 Å². The van der Waals surface area contributed by atoms with E-state index in [2.05, 4.69) is 5.32 Å². The highest BCUT2D eigenvalue weighted by molar-refractivity contribution is 5.73. The van der Waals surface area contributed by atoms with Crippen LogP contribution in [0.1, 0.15) is 27.2 Å². The summed E-state index contributed by atoms with van der Waals surface area (Å²) in [5, 5.41) is 2.86. The van der Waals surface area contributed by atoms with Gasteiger partial charge in [0, 0.05) is 26.1 Å². The van der Waals surface area contributed by atoms with Crippen molar-refractivity contribution in [2.75, 3.05) is 32.8 Å². The molecule has 1 rings (SSSR count). The van der Waals surface area contributed by atoms with Crippen molar-refractivity contribution >= 4 is 6.03 Å². The molecule has 1 N–H and O–H groups in total. The van der Waals surface area contributed by atoms with Gasteiger partial charge in [0.1, 0.15) is 0 Å². The van der Waals surface area contributed by atoms with Crippen molar-refractivity contribution in [2.24, 2.45) is 0 Å². The molecule has 5 nitrogen and oxygen atoms in total. The second-order valence-corrected chi connectivity index (χ2v) is 3.98. The summed E-state index contributed by atoms with van der Waals surface area (Å²) in [5.41, 5.74) is 0. The highest BCUT2D eigenvalue weighted by Crippen LogP contribution is 2.21. The minimum Gasteiger partial charge on any atom is -0.348 e. The first-order valence-electron chi connectivity index (χ1n) is 5.92. The molecular formula is C11H22N2O3. The molecule has 1 aliphatic heterocycles. The van der Waals surface area contributed by atoms with E-state index in [9.17, 15) is 4.79 Å². The summed E-state index contributed by atoms with van der Waals surface area (Å²) >= 11 is 0. The van der Waals surface area contributed by atoms with Crippen molar-refractivity contribution in [3.05, 3.63) is 0 Å². The number of rotatable bonds is 5. The van der Waals surface area contributed by atoms with Crippen LogP contribution in [0.4, 0.5) is 4.79 Å². The van der Waals surface area contributed by atoms with E-state index < -0.39 is 5.79 Å². The van der Waals surface area contributed by atoms with E-state index in [4.69, 9.17) is 9.47 Å². The van der Waals surface area contributed by atoms with E-state index in [1.165, 1.54) is 0 Å².